The van der Waals surface area contributed by atoms with Gasteiger partial charge in [-0.3, -0.25) is 0 Å². The zero-order valence-corrected chi connectivity index (χ0v) is 8.08. The van der Waals surface area contributed by atoms with Gasteiger partial charge in [0.2, 0.25) is 0 Å². The summed E-state index contributed by atoms with van der Waals surface area (Å²) in [5.74, 6) is 0.996. The van der Waals surface area contributed by atoms with Gasteiger partial charge in [-0.15, -0.1) is 0 Å². The third-order valence-corrected chi connectivity index (χ3v) is 2.31. The number of nitrogens with zero attached hydrogens (tertiary/aromatic N) is 3. The normalized spacial score (nSPS) is 10.5. The summed E-state index contributed by atoms with van der Waals surface area (Å²) >= 11 is 5.07. The van der Waals surface area contributed by atoms with Crippen LogP contribution in [0.5, 0.6) is 0 Å². The van der Waals surface area contributed by atoms with E-state index in [0.29, 0.717) is 6.54 Å². The number of hydrogen-bond acceptors (Lipinski definition) is 2. The van der Waals surface area contributed by atoms with Crippen molar-refractivity contribution in [2.45, 2.75) is 6.54 Å². The van der Waals surface area contributed by atoms with E-state index in [9.17, 15) is 0 Å². The number of aryl methyl sites for hydroxylation is 1. The molecule has 2 aromatic rings. The summed E-state index contributed by atoms with van der Waals surface area (Å²) < 4.78 is 4.65. The summed E-state index contributed by atoms with van der Waals surface area (Å²) in [6.07, 6.45) is 7.44. The van der Waals surface area contributed by atoms with Crippen LogP contribution in [0.15, 0.2) is 24.8 Å². The summed E-state index contributed by atoms with van der Waals surface area (Å²) in [5.41, 5.74) is 0. The third kappa shape index (κ3) is 1.55. The van der Waals surface area contributed by atoms with Gasteiger partial charge in [-0.05, 0) is 12.2 Å². The zero-order valence-electron chi connectivity index (χ0n) is 7.27. The first-order chi connectivity index (χ1) is 6.27. The molecule has 0 unspecified atom stereocenters. The Morgan fingerprint density at radius 2 is 2.38 bits per heavy atom. The van der Waals surface area contributed by atoms with E-state index in [-0.39, 0.29) is 0 Å². The van der Waals surface area contributed by atoms with E-state index in [1.165, 1.54) is 0 Å². The molecule has 0 spiro atoms. The molecular formula is C8H10N4S. The van der Waals surface area contributed by atoms with Crippen molar-refractivity contribution in [3.63, 3.8) is 0 Å². The lowest BCUT2D eigenvalue weighted by Crippen LogP contribution is -2.04. The monoisotopic (exact) mass is 194 g/mol. The highest BCUT2D eigenvalue weighted by atomic mass is 32.1. The summed E-state index contributed by atoms with van der Waals surface area (Å²) in [4.78, 5) is 7.15. The molecule has 0 atom stereocenters. The standard InChI is InChI=1S/C8H10N4S/c1-11-4-2-9-7(11)6-12-5-3-10-8(12)13/h2-5H,6H2,1H3,(H,10,13). The number of rotatable bonds is 2. The lowest BCUT2D eigenvalue weighted by molar-refractivity contribution is 0.692. The number of nitrogens with one attached hydrogen (secondary N) is 1. The van der Waals surface area contributed by atoms with Crippen LogP contribution in [0.4, 0.5) is 0 Å². The van der Waals surface area contributed by atoms with Gasteiger partial charge in [-0.25, -0.2) is 4.98 Å². The highest BCUT2D eigenvalue weighted by Gasteiger charge is 2.00. The quantitative estimate of drug-likeness (QED) is 0.732. The van der Waals surface area contributed by atoms with Crippen LogP contribution in [0.25, 0.3) is 0 Å². The second kappa shape index (κ2) is 3.18. The van der Waals surface area contributed by atoms with E-state index in [4.69, 9.17) is 12.2 Å². The summed E-state index contributed by atoms with van der Waals surface area (Å²) in [6, 6.07) is 0. The summed E-state index contributed by atoms with van der Waals surface area (Å²) in [5, 5.41) is 0. The van der Waals surface area contributed by atoms with Crippen LogP contribution < -0.4 is 0 Å². The topological polar surface area (TPSA) is 38.5 Å². The Morgan fingerprint density at radius 3 is 2.92 bits per heavy atom. The summed E-state index contributed by atoms with van der Waals surface area (Å²) in [7, 11) is 1.97. The maximum absolute atomic E-state index is 5.07. The van der Waals surface area contributed by atoms with Crippen molar-refractivity contribution in [1.29, 1.82) is 0 Å². The molecule has 1 N–H and O–H groups in total. The smallest absolute Gasteiger partial charge is 0.177 e. The molecule has 2 rings (SSSR count). The zero-order chi connectivity index (χ0) is 9.26. The Balaban J connectivity index is 2.29. The molecule has 5 heteroatoms. The van der Waals surface area contributed by atoms with Crippen LogP contribution in [-0.4, -0.2) is 19.1 Å². The van der Waals surface area contributed by atoms with Crippen LogP contribution in [-0.2, 0) is 13.6 Å². The fourth-order valence-corrected chi connectivity index (χ4v) is 1.37. The first kappa shape index (κ1) is 8.25. The Kier molecular flexibility index (Phi) is 2.02. The molecule has 0 aliphatic heterocycles. The molecule has 68 valence electrons. The Labute approximate surface area is 80.9 Å². The second-order valence-electron chi connectivity index (χ2n) is 2.85. The van der Waals surface area contributed by atoms with Gasteiger partial charge in [0.05, 0.1) is 6.54 Å². The molecule has 0 bridgehead atoms. The molecule has 0 saturated carbocycles. The molecule has 0 saturated heterocycles. The first-order valence-corrected chi connectivity index (χ1v) is 4.38. The number of hydrogen-bond donors (Lipinski definition) is 1. The molecule has 0 amide bonds. The maximum atomic E-state index is 5.07. The molecule has 0 fully saturated rings. The van der Waals surface area contributed by atoms with E-state index in [1.54, 1.807) is 6.20 Å². The SMILES string of the molecule is Cn1ccnc1Cn1cc[nH]c1=S. The molecule has 4 nitrogen and oxygen atoms in total. The van der Waals surface area contributed by atoms with Crippen molar-refractivity contribution in [1.82, 2.24) is 19.1 Å². The van der Waals surface area contributed by atoms with Crippen molar-refractivity contribution in [3.05, 3.63) is 35.4 Å². The van der Waals surface area contributed by atoms with Gasteiger partial charge in [-0.1, -0.05) is 0 Å². The van der Waals surface area contributed by atoms with Gasteiger partial charge >= 0.3 is 0 Å². The van der Waals surface area contributed by atoms with Crippen molar-refractivity contribution >= 4 is 12.2 Å². The molecule has 2 aromatic heterocycles. The highest BCUT2D eigenvalue weighted by molar-refractivity contribution is 7.71. The van der Waals surface area contributed by atoms with Gasteiger partial charge in [0, 0.05) is 31.8 Å². The van der Waals surface area contributed by atoms with Gasteiger partial charge < -0.3 is 14.1 Å². The fraction of sp³-hybridized carbons (Fsp3) is 0.250. The van der Waals surface area contributed by atoms with Crippen molar-refractivity contribution in [3.8, 4) is 0 Å². The minimum atomic E-state index is 0.714. The van der Waals surface area contributed by atoms with Crippen molar-refractivity contribution < 1.29 is 0 Å². The van der Waals surface area contributed by atoms with Crippen LogP contribution >= 0.6 is 12.2 Å². The largest absolute Gasteiger partial charge is 0.337 e. The van der Waals surface area contributed by atoms with Crippen molar-refractivity contribution in [2.75, 3.05) is 0 Å². The van der Waals surface area contributed by atoms with Gasteiger partial charge in [-0.2, -0.15) is 0 Å². The van der Waals surface area contributed by atoms with Crippen LogP contribution in [0, 0.1) is 4.77 Å². The number of imidazole rings is 2. The average Bonchev–Trinajstić information content (AvgIpc) is 2.65. The number of aromatic nitrogens is 4. The molecule has 0 aromatic carbocycles. The molecular weight excluding hydrogens is 184 g/mol. The van der Waals surface area contributed by atoms with E-state index < -0.39 is 0 Å². The predicted molar refractivity (Wildman–Crippen MR) is 51.9 cm³/mol. The van der Waals surface area contributed by atoms with E-state index in [2.05, 4.69) is 9.97 Å². The van der Waals surface area contributed by atoms with E-state index in [1.807, 2.05) is 34.8 Å². The van der Waals surface area contributed by atoms with Crippen LogP contribution in [0.2, 0.25) is 0 Å². The minimum absolute atomic E-state index is 0.714. The molecule has 0 aliphatic carbocycles. The van der Waals surface area contributed by atoms with Crippen molar-refractivity contribution in [2.24, 2.45) is 7.05 Å². The maximum Gasteiger partial charge on any atom is 0.177 e. The number of H-pyrrole nitrogens is 1. The summed E-state index contributed by atoms with van der Waals surface area (Å²) in [6.45, 7) is 0.714. The molecule has 0 radical (unpaired) electrons. The van der Waals surface area contributed by atoms with Crippen LogP contribution in [0.3, 0.4) is 0 Å². The predicted octanol–water partition coefficient (Wildman–Crippen LogP) is 1.33. The fourth-order valence-electron chi connectivity index (χ4n) is 1.17. The number of aromatic amines is 1. The highest BCUT2D eigenvalue weighted by Crippen LogP contribution is 1.99. The molecule has 0 aliphatic rings. The van der Waals surface area contributed by atoms with Gasteiger partial charge in [0.1, 0.15) is 5.82 Å². The minimum Gasteiger partial charge on any atom is -0.337 e. The van der Waals surface area contributed by atoms with E-state index >= 15 is 0 Å². The van der Waals surface area contributed by atoms with Gasteiger partial charge in [0.15, 0.2) is 4.77 Å². The second-order valence-corrected chi connectivity index (χ2v) is 3.23. The van der Waals surface area contributed by atoms with Crippen LogP contribution in [0.1, 0.15) is 5.82 Å². The molecule has 2 heterocycles. The van der Waals surface area contributed by atoms with E-state index in [0.717, 1.165) is 10.6 Å². The first-order valence-electron chi connectivity index (χ1n) is 3.97. The Hall–Kier alpha value is -1.36. The average molecular weight is 194 g/mol. The van der Waals surface area contributed by atoms with Gasteiger partial charge in [0.25, 0.3) is 0 Å². The Morgan fingerprint density at radius 1 is 1.54 bits per heavy atom. The Bertz CT molecular complexity index is 450. The lowest BCUT2D eigenvalue weighted by Gasteiger charge is -2.01. The third-order valence-electron chi connectivity index (χ3n) is 1.95. The molecule has 13 heavy (non-hydrogen) atoms. The lowest BCUT2D eigenvalue weighted by atomic mass is 10.6.